The third-order valence-electron chi connectivity index (χ3n) is 3.26. The van der Waals surface area contributed by atoms with Gasteiger partial charge in [-0.25, -0.2) is 4.79 Å². The van der Waals surface area contributed by atoms with Crippen molar-refractivity contribution in [3.63, 3.8) is 0 Å². The number of nitrogens with zero attached hydrogens (tertiary/aromatic N) is 1. The van der Waals surface area contributed by atoms with Crippen molar-refractivity contribution in [1.29, 1.82) is 0 Å². The van der Waals surface area contributed by atoms with Crippen LogP contribution in [-0.2, 0) is 9.53 Å². The molecule has 0 unspecified atom stereocenters. The molecule has 1 atom stereocenters. The summed E-state index contributed by atoms with van der Waals surface area (Å²) in [6, 6.07) is 12.2. The smallest absolute Gasteiger partial charge is 0.349 e. The molecule has 0 spiro atoms. The lowest BCUT2D eigenvalue weighted by Crippen LogP contribution is -2.37. The summed E-state index contributed by atoms with van der Waals surface area (Å²) >= 11 is 1.06. The van der Waals surface area contributed by atoms with Crippen molar-refractivity contribution in [1.82, 2.24) is 0 Å². The van der Waals surface area contributed by atoms with Crippen molar-refractivity contribution >= 4 is 34.7 Å². The van der Waals surface area contributed by atoms with Gasteiger partial charge in [-0.1, -0.05) is 18.2 Å². The molecule has 0 saturated carbocycles. The van der Waals surface area contributed by atoms with Gasteiger partial charge in [-0.2, -0.15) is 0 Å². The van der Waals surface area contributed by atoms with Crippen LogP contribution in [0.4, 0.5) is 5.69 Å². The molecule has 6 heteroatoms. The number of hydrogen-bond donors (Lipinski definition) is 0. The minimum Gasteiger partial charge on any atom is -0.448 e. The van der Waals surface area contributed by atoms with Crippen LogP contribution < -0.4 is 4.90 Å². The Morgan fingerprint density at radius 2 is 1.65 bits per heavy atom. The maximum Gasteiger partial charge on any atom is 0.349 e. The Morgan fingerprint density at radius 1 is 1.04 bits per heavy atom. The molecule has 0 radical (unpaired) electrons. The molecular weight excluding hydrogens is 314 g/mol. The maximum atomic E-state index is 12.3. The minimum atomic E-state index is -0.921. The molecule has 0 N–H and O–H groups in total. The third kappa shape index (κ3) is 4.04. The first-order valence-corrected chi connectivity index (χ1v) is 7.86. The third-order valence-corrected chi connectivity index (χ3v) is 4.43. The number of rotatable bonds is 5. The number of Topliss-reactive ketones (excluding diaryl/α,β-unsaturated/α-hetero) is 1. The molecule has 0 aliphatic carbocycles. The molecule has 0 aliphatic rings. The van der Waals surface area contributed by atoms with Gasteiger partial charge in [0.15, 0.2) is 11.9 Å². The zero-order valence-corrected chi connectivity index (χ0v) is 13.9. The molecule has 0 fully saturated rings. The quantitative estimate of drug-likeness (QED) is 0.623. The molecule has 23 heavy (non-hydrogen) atoms. The summed E-state index contributed by atoms with van der Waals surface area (Å²) in [7, 11) is 1.63. The molecule has 1 aromatic carbocycles. The Morgan fingerprint density at radius 3 is 2.22 bits per heavy atom. The average molecular weight is 331 g/mol. The summed E-state index contributed by atoms with van der Waals surface area (Å²) in [6.07, 6.45) is -0.921. The highest BCUT2D eigenvalue weighted by atomic mass is 32.1. The van der Waals surface area contributed by atoms with Crippen molar-refractivity contribution in [2.75, 3.05) is 11.9 Å². The monoisotopic (exact) mass is 331 g/mol. The van der Waals surface area contributed by atoms with Crippen molar-refractivity contribution < 1.29 is 19.1 Å². The fourth-order valence-corrected chi connectivity index (χ4v) is 2.74. The number of carbonyl (C=O) groups excluding carboxylic acids is 3. The fourth-order valence-electron chi connectivity index (χ4n) is 1.96. The van der Waals surface area contributed by atoms with E-state index in [1.807, 2.05) is 18.2 Å². The van der Waals surface area contributed by atoms with Gasteiger partial charge >= 0.3 is 5.97 Å². The molecule has 1 amide bonds. The summed E-state index contributed by atoms with van der Waals surface area (Å²) in [5.41, 5.74) is 0.718. The molecule has 0 saturated heterocycles. The number of likely N-dealkylation sites (N-methyl/N-ethyl adjacent to an activating group) is 1. The van der Waals surface area contributed by atoms with Gasteiger partial charge in [-0.05, 0) is 38.1 Å². The van der Waals surface area contributed by atoms with Gasteiger partial charge in [-0.15, -0.1) is 11.3 Å². The second-order valence-electron chi connectivity index (χ2n) is 5.00. The molecule has 2 aromatic rings. The van der Waals surface area contributed by atoms with Gasteiger partial charge < -0.3 is 9.64 Å². The van der Waals surface area contributed by atoms with Gasteiger partial charge in [0.25, 0.3) is 5.91 Å². The number of benzene rings is 1. The first-order valence-electron chi connectivity index (χ1n) is 7.04. The Bertz CT molecular complexity index is 723. The number of para-hydroxylation sites is 1. The molecule has 0 aliphatic heterocycles. The van der Waals surface area contributed by atoms with Crippen LogP contribution in [0.15, 0.2) is 42.5 Å². The van der Waals surface area contributed by atoms with Crippen molar-refractivity contribution in [3.8, 4) is 0 Å². The summed E-state index contributed by atoms with van der Waals surface area (Å²) in [4.78, 5) is 37.9. The lowest BCUT2D eigenvalue weighted by Gasteiger charge is -2.21. The number of esters is 1. The SMILES string of the molecule is CC(=O)c1ccc(C(=O)O[C@H](C)C(=O)N(C)c2ccccc2)s1. The lowest BCUT2D eigenvalue weighted by molar-refractivity contribution is -0.126. The van der Waals surface area contributed by atoms with Gasteiger partial charge in [0.05, 0.1) is 4.88 Å². The largest absolute Gasteiger partial charge is 0.448 e. The topological polar surface area (TPSA) is 63.7 Å². The standard InChI is InChI=1S/C17H17NO4S/c1-11(19)14-9-10-15(23-14)17(21)22-12(2)16(20)18(3)13-7-5-4-6-8-13/h4-10,12H,1-3H3/t12-/m1/s1. The fraction of sp³-hybridized carbons (Fsp3) is 0.235. The summed E-state index contributed by atoms with van der Waals surface area (Å²) < 4.78 is 5.20. The highest BCUT2D eigenvalue weighted by Gasteiger charge is 2.24. The maximum absolute atomic E-state index is 12.3. The molecule has 1 heterocycles. The molecular formula is C17H17NO4S. The molecule has 0 bridgehead atoms. The average Bonchev–Trinajstić information content (AvgIpc) is 3.04. The number of thiophene rings is 1. The van der Waals surface area contributed by atoms with E-state index in [9.17, 15) is 14.4 Å². The summed E-state index contributed by atoms with van der Waals surface area (Å²) in [5, 5.41) is 0. The van der Waals surface area contributed by atoms with E-state index in [0.29, 0.717) is 9.75 Å². The zero-order valence-electron chi connectivity index (χ0n) is 13.1. The van der Waals surface area contributed by atoms with Crippen LogP contribution >= 0.6 is 11.3 Å². The normalized spacial score (nSPS) is 11.6. The molecule has 1 aromatic heterocycles. The van der Waals surface area contributed by atoms with Crippen LogP contribution in [-0.4, -0.2) is 30.8 Å². The summed E-state index contributed by atoms with van der Waals surface area (Å²) in [6.45, 7) is 2.96. The van der Waals surface area contributed by atoms with Gasteiger partial charge in [-0.3, -0.25) is 9.59 Å². The predicted molar refractivity (Wildman–Crippen MR) is 89.1 cm³/mol. The molecule has 5 nitrogen and oxygen atoms in total. The highest BCUT2D eigenvalue weighted by Crippen LogP contribution is 2.19. The minimum absolute atomic E-state index is 0.109. The highest BCUT2D eigenvalue weighted by molar-refractivity contribution is 7.15. The Balaban J connectivity index is 2.02. The number of anilines is 1. The Kier molecular flexibility index (Phi) is 5.28. The van der Waals surface area contributed by atoms with E-state index in [0.717, 1.165) is 17.0 Å². The van der Waals surface area contributed by atoms with Gasteiger partial charge in [0, 0.05) is 12.7 Å². The van der Waals surface area contributed by atoms with E-state index in [2.05, 4.69) is 0 Å². The first-order chi connectivity index (χ1) is 10.9. The number of ether oxygens (including phenoxy) is 1. The number of ketones is 1. The van der Waals surface area contributed by atoms with E-state index in [1.165, 1.54) is 24.8 Å². The van der Waals surface area contributed by atoms with Crippen LogP contribution in [0.25, 0.3) is 0 Å². The van der Waals surface area contributed by atoms with E-state index < -0.39 is 12.1 Å². The first kappa shape index (κ1) is 16.9. The summed E-state index contributed by atoms with van der Waals surface area (Å²) in [5.74, 6) is -1.04. The van der Waals surface area contributed by atoms with E-state index in [4.69, 9.17) is 4.74 Å². The van der Waals surface area contributed by atoms with Crippen molar-refractivity contribution in [2.24, 2.45) is 0 Å². The van der Waals surface area contributed by atoms with E-state index in [1.54, 1.807) is 25.2 Å². The Hall–Kier alpha value is -2.47. The predicted octanol–water partition coefficient (Wildman–Crippen LogP) is 3.16. The second-order valence-corrected chi connectivity index (χ2v) is 6.08. The number of carbonyl (C=O) groups is 3. The van der Waals surface area contributed by atoms with Crippen molar-refractivity contribution in [3.05, 3.63) is 52.2 Å². The van der Waals surface area contributed by atoms with Crippen molar-refractivity contribution in [2.45, 2.75) is 20.0 Å². The van der Waals surface area contributed by atoms with Crippen LogP contribution in [0, 0.1) is 0 Å². The number of amides is 1. The number of hydrogen-bond acceptors (Lipinski definition) is 5. The van der Waals surface area contributed by atoms with Crippen LogP contribution in [0.5, 0.6) is 0 Å². The van der Waals surface area contributed by atoms with Crippen LogP contribution in [0.2, 0.25) is 0 Å². The molecule has 2 rings (SSSR count). The van der Waals surface area contributed by atoms with Crippen LogP contribution in [0.3, 0.4) is 0 Å². The Labute approximate surface area is 138 Å². The lowest BCUT2D eigenvalue weighted by atomic mass is 10.2. The van der Waals surface area contributed by atoms with Gasteiger partial charge in [0.2, 0.25) is 0 Å². The van der Waals surface area contributed by atoms with Gasteiger partial charge in [0.1, 0.15) is 4.88 Å². The van der Waals surface area contributed by atoms with E-state index in [-0.39, 0.29) is 11.7 Å². The van der Waals surface area contributed by atoms with E-state index >= 15 is 0 Å². The molecule has 120 valence electrons. The van der Waals surface area contributed by atoms with Crippen LogP contribution in [0.1, 0.15) is 33.2 Å². The second kappa shape index (κ2) is 7.19. The zero-order chi connectivity index (χ0) is 17.0.